The van der Waals surface area contributed by atoms with Crippen molar-refractivity contribution in [3.63, 3.8) is 0 Å². The van der Waals surface area contributed by atoms with E-state index in [1.807, 2.05) is 0 Å². The molecule has 0 aromatic carbocycles. The van der Waals surface area contributed by atoms with Crippen molar-refractivity contribution in [3.8, 4) is 0 Å². The van der Waals surface area contributed by atoms with Gasteiger partial charge in [0.05, 0.1) is 11.5 Å². The van der Waals surface area contributed by atoms with Crippen LogP contribution in [0.3, 0.4) is 0 Å². The van der Waals surface area contributed by atoms with Crippen LogP contribution in [-0.4, -0.2) is 50.0 Å². The number of hydrogen-bond donors (Lipinski definition) is 1. The Labute approximate surface area is 109 Å². The van der Waals surface area contributed by atoms with E-state index in [9.17, 15) is 13.2 Å². The summed E-state index contributed by atoms with van der Waals surface area (Å²) in [6, 6.07) is -0.00528. The van der Waals surface area contributed by atoms with Crippen LogP contribution in [0.1, 0.15) is 38.5 Å². The second kappa shape index (κ2) is 5.47. The molecule has 0 radical (unpaired) electrons. The Balaban J connectivity index is 1.85. The van der Waals surface area contributed by atoms with E-state index < -0.39 is 9.84 Å². The highest BCUT2D eigenvalue weighted by Gasteiger charge is 2.33. The molecule has 2 fully saturated rings. The molecule has 104 valence electrons. The maximum absolute atomic E-state index is 12.0. The molecule has 6 heteroatoms. The Kier molecular flexibility index (Phi) is 4.14. The lowest BCUT2D eigenvalue weighted by Crippen LogP contribution is -2.48. The predicted molar refractivity (Wildman–Crippen MR) is 70.2 cm³/mol. The molecular formula is C12H22N2O3S. The number of nitrogens with one attached hydrogen (secondary N) is 1. The lowest BCUT2D eigenvalue weighted by atomic mass is 9.96. The fourth-order valence-electron chi connectivity index (χ4n) is 2.77. The molecule has 1 saturated heterocycles. The highest BCUT2D eigenvalue weighted by Crippen LogP contribution is 2.19. The summed E-state index contributed by atoms with van der Waals surface area (Å²) in [4.78, 5) is 13.6. The Morgan fingerprint density at radius 2 is 1.83 bits per heavy atom. The standard InChI is InChI=1S/C12H22N2O3S/c1-14(11-7-8-18(16,17)9-11)12(15)13-10-5-3-2-4-6-10/h10-11H,2-9H2,1H3,(H,13,15)/t11-/m0/s1. The summed E-state index contributed by atoms with van der Waals surface area (Å²) < 4.78 is 22.8. The smallest absolute Gasteiger partial charge is 0.317 e. The van der Waals surface area contributed by atoms with Gasteiger partial charge in [0, 0.05) is 19.1 Å². The van der Waals surface area contributed by atoms with Gasteiger partial charge in [-0.15, -0.1) is 0 Å². The number of carbonyl (C=O) groups excluding carboxylic acids is 1. The zero-order chi connectivity index (χ0) is 13.2. The third-order valence-electron chi connectivity index (χ3n) is 4.01. The molecule has 1 aliphatic heterocycles. The van der Waals surface area contributed by atoms with Crippen molar-refractivity contribution in [2.45, 2.75) is 50.6 Å². The second-order valence-electron chi connectivity index (χ2n) is 5.45. The van der Waals surface area contributed by atoms with Crippen LogP contribution in [0.5, 0.6) is 0 Å². The average Bonchev–Trinajstić information content (AvgIpc) is 2.70. The lowest BCUT2D eigenvalue weighted by Gasteiger charge is -2.28. The van der Waals surface area contributed by atoms with Crippen LogP contribution < -0.4 is 5.32 Å². The van der Waals surface area contributed by atoms with Crippen molar-refractivity contribution in [2.75, 3.05) is 18.6 Å². The van der Waals surface area contributed by atoms with E-state index in [0.717, 1.165) is 12.8 Å². The number of amides is 2. The topological polar surface area (TPSA) is 66.5 Å². The zero-order valence-corrected chi connectivity index (χ0v) is 11.7. The molecule has 0 spiro atoms. The zero-order valence-electron chi connectivity index (χ0n) is 10.9. The summed E-state index contributed by atoms with van der Waals surface area (Å²) in [5.74, 6) is 0.320. The van der Waals surface area contributed by atoms with Gasteiger partial charge < -0.3 is 10.2 Å². The summed E-state index contributed by atoms with van der Waals surface area (Å²) in [5.41, 5.74) is 0. The molecule has 0 aromatic rings. The van der Waals surface area contributed by atoms with Gasteiger partial charge in [-0.2, -0.15) is 0 Å². The maximum Gasteiger partial charge on any atom is 0.317 e. The highest BCUT2D eigenvalue weighted by atomic mass is 32.2. The van der Waals surface area contributed by atoms with E-state index in [0.29, 0.717) is 6.42 Å². The van der Waals surface area contributed by atoms with E-state index in [-0.39, 0.29) is 29.6 Å². The molecule has 2 amide bonds. The van der Waals surface area contributed by atoms with E-state index in [1.165, 1.54) is 19.3 Å². The molecule has 0 aromatic heterocycles. The molecule has 18 heavy (non-hydrogen) atoms. The molecule has 5 nitrogen and oxygen atoms in total. The van der Waals surface area contributed by atoms with Gasteiger partial charge in [-0.3, -0.25) is 0 Å². The first-order valence-corrected chi connectivity index (χ1v) is 8.54. The Bertz CT molecular complexity index is 402. The molecule has 0 unspecified atom stereocenters. The second-order valence-corrected chi connectivity index (χ2v) is 7.68. The first kappa shape index (κ1) is 13.6. The fraction of sp³-hybridized carbons (Fsp3) is 0.917. The van der Waals surface area contributed by atoms with Gasteiger partial charge in [-0.25, -0.2) is 13.2 Å². The molecule has 1 saturated carbocycles. The predicted octanol–water partition coefficient (Wildman–Crippen LogP) is 1.15. The van der Waals surface area contributed by atoms with E-state index in [4.69, 9.17) is 0 Å². The quantitative estimate of drug-likeness (QED) is 0.821. The van der Waals surface area contributed by atoms with Crippen LogP contribution in [0.4, 0.5) is 4.79 Å². The number of urea groups is 1. The Morgan fingerprint density at radius 1 is 1.17 bits per heavy atom. The van der Waals surface area contributed by atoms with Crippen molar-refractivity contribution >= 4 is 15.9 Å². The van der Waals surface area contributed by atoms with Crippen molar-refractivity contribution in [3.05, 3.63) is 0 Å². The number of carbonyl (C=O) groups is 1. The third-order valence-corrected chi connectivity index (χ3v) is 5.76. The van der Waals surface area contributed by atoms with Gasteiger partial charge in [-0.1, -0.05) is 19.3 Å². The van der Waals surface area contributed by atoms with Gasteiger partial charge in [0.25, 0.3) is 0 Å². The highest BCUT2D eigenvalue weighted by molar-refractivity contribution is 7.91. The first-order chi connectivity index (χ1) is 8.48. The van der Waals surface area contributed by atoms with Crippen LogP contribution in [-0.2, 0) is 9.84 Å². The van der Waals surface area contributed by atoms with Crippen molar-refractivity contribution in [1.29, 1.82) is 0 Å². The molecule has 1 N–H and O–H groups in total. The van der Waals surface area contributed by atoms with E-state index in [2.05, 4.69) is 5.32 Å². The fourth-order valence-corrected chi connectivity index (χ4v) is 4.54. The van der Waals surface area contributed by atoms with Crippen LogP contribution in [0.15, 0.2) is 0 Å². The maximum atomic E-state index is 12.0. The molecule has 1 aliphatic carbocycles. The van der Waals surface area contributed by atoms with Crippen molar-refractivity contribution < 1.29 is 13.2 Å². The Hall–Kier alpha value is -0.780. The SMILES string of the molecule is CN(C(=O)NC1CCCCC1)[C@H]1CCS(=O)(=O)C1. The monoisotopic (exact) mass is 274 g/mol. The number of hydrogen-bond acceptors (Lipinski definition) is 3. The van der Waals surface area contributed by atoms with Gasteiger partial charge in [0.1, 0.15) is 0 Å². The molecule has 1 atom stereocenters. The van der Waals surface area contributed by atoms with Crippen LogP contribution in [0.2, 0.25) is 0 Å². The van der Waals surface area contributed by atoms with Crippen molar-refractivity contribution in [2.24, 2.45) is 0 Å². The number of rotatable bonds is 2. The van der Waals surface area contributed by atoms with Crippen LogP contribution in [0.25, 0.3) is 0 Å². The van der Waals surface area contributed by atoms with Gasteiger partial charge in [0.15, 0.2) is 9.84 Å². The van der Waals surface area contributed by atoms with Gasteiger partial charge in [-0.05, 0) is 19.3 Å². The summed E-state index contributed by atoms with van der Waals surface area (Å²) in [5, 5.41) is 3.02. The molecule has 1 heterocycles. The Morgan fingerprint density at radius 3 is 2.39 bits per heavy atom. The van der Waals surface area contributed by atoms with E-state index in [1.54, 1.807) is 11.9 Å². The van der Waals surface area contributed by atoms with Crippen molar-refractivity contribution in [1.82, 2.24) is 10.2 Å². The number of nitrogens with zero attached hydrogens (tertiary/aromatic N) is 1. The number of sulfone groups is 1. The summed E-state index contributed by atoms with van der Waals surface area (Å²) >= 11 is 0. The first-order valence-electron chi connectivity index (χ1n) is 6.72. The summed E-state index contributed by atoms with van der Waals surface area (Å²) in [7, 11) is -1.23. The lowest BCUT2D eigenvalue weighted by molar-refractivity contribution is 0.187. The minimum atomic E-state index is -2.93. The van der Waals surface area contributed by atoms with E-state index >= 15 is 0 Å². The van der Waals surface area contributed by atoms with Gasteiger partial charge in [0.2, 0.25) is 0 Å². The third kappa shape index (κ3) is 3.37. The summed E-state index contributed by atoms with van der Waals surface area (Å²) in [6.45, 7) is 0. The minimum Gasteiger partial charge on any atom is -0.335 e. The summed E-state index contributed by atoms with van der Waals surface area (Å²) in [6.07, 6.45) is 6.25. The van der Waals surface area contributed by atoms with Crippen LogP contribution in [0, 0.1) is 0 Å². The molecule has 2 aliphatic rings. The van der Waals surface area contributed by atoms with Crippen LogP contribution >= 0.6 is 0 Å². The molecular weight excluding hydrogens is 252 g/mol. The molecule has 2 rings (SSSR count). The largest absolute Gasteiger partial charge is 0.335 e. The molecule has 0 bridgehead atoms. The average molecular weight is 274 g/mol. The normalized spacial score (nSPS) is 27.9. The van der Waals surface area contributed by atoms with Gasteiger partial charge >= 0.3 is 6.03 Å². The minimum absolute atomic E-state index is 0.113.